The molecule has 0 spiro atoms. The number of hydrogen-bond acceptors (Lipinski definition) is 5. The summed E-state index contributed by atoms with van der Waals surface area (Å²) in [5.74, 6) is -0.337. The largest absolute Gasteiger partial charge is 0.417 e. The van der Waals surface area contributed by atoms with E-state index in [2.05, 4.69) is 10.3 Å². The van der Waals surface area contributed by atoms with E-state index in [-0.39, 0.29) is 23.7 Å². The molecule has 1 aliphatic rings. The first-order valence-corrected chi connectivity index (χ1v) is 12.3. The van der Waals surface area contributed by atoms with Crippen LogP contribution in [0, 0.1) is 0 Å². The summed E-state index contributed by atoms with van der Waals surface area (Å²) in [4.78, 5) is 18.8. The number of hydrogen-bond donors (Lipinski definition) is 1. The standard InChI is InChI=1S/C23H20ClF3N4O3S/c24-16-5-8-18(9-6-16)35(33,34)31-13-11-30(12-14-31)21-10-7-17(15-28-21)29-22(32)19-3-1-2-4-20(19)23(25,26)27/h1-10,15H,11-14H2,(H,29,32). The Hall–Kier alpha value is -3.15. The molecule has 1 amide bonds. The van der Waals surface area contributed by atoms with Crippen molar-refractivity contribution in [1.82, 2.24) is 9.29 Å². The molecule has 1 fully saturated rings. The van der Waals surface area contributed by atoms with E-state index >= 15 is 0 Å². The number of rotatable bonds is 5. The number of anilines is 2. The normalized spacial score (nSPS) is 15.1. The van der Waals surface area contributed by atoms with E-state index in [1.165, 1.54) is 53.0 Å². The van der Waals surface area contributed by atoms with Crippen LogP contribution in [-0.4, -0.2) is 49.8 Å². The van der Waals surface area contributed by atoms with Gasteiger partial charge in [0.25, 0.3) is 5.91 Å². The summed E-state index contributed by atoms with van der Waals surface area (Å²) in [6, 6.07) is 13.7. The smallest absolute Gasteiger partial charge is 0.354 e. The topological polar surface area (TPSA) is 82.6 Å². The molecule has 4 rings (SSSR count). The first kappa shape index (κ1) is 25.0. The number of nitrogens with one attached hydrogen (secondary N) is 1. The van der Waals surface area contributed by atoms with Crippen LogP contribution in [0.5, 0.6) is 0 Å². The van der Waals surface area contributed by atoms with E-state index in [1.54, 1.807) is 6.07 Å². The van der Waals surface area contributed by atoms with Gasteiger partial charge in [-0.05, 0) is 48.5 Å². The zero-order chi connectivity index (χ0) is 25.2. The quantitative estimate of drug-likeness (QED) is 0.531. The molecule has 184 valence electrons. The predicted octanol–water partition coefficient (Wildman–Crippen LogP) is 4.52. The molecule has 2 heterocycles. The maximum atomic E-state index is 13.2. The molecule has 3 aromatic rings. The third kappa shape index (κ3) is 5.58. The fraction of sp³-hybridized carbons (Fsp3) is 0.217. The molecule has 12 heteroatoms. The van der Waals surface area contributed by atoms with Gasteiger partial charge in [0.2, 0.25) is 10.0 Å². The van der Waals surface area contributed by atoms with E-state index in [0.29, 0.717) is 23.9 Å². The third-order valence-electron chi connectivity index (χ3n) is 5.50. The summed E-state index contributed by atoms with van der Waals surface area (Å²) >= 11 is 5.84. The Morgan fingerprint density at radius 1 is 0.943 bits per heavy atom. The molecule has 1 aliphatic heterocycles. The average molecular weight is 525 g/mol. The molecule has 35 heavy (non-hydrogen) atoms. The van der Waals surface area contributed by atoms with Gasteiger partial charge in [-0.3, -0.25) is 4.79 Å². The zero-order valence-electron chi connectivity index (χ0n) is 18.2. The highest BCUT2D eigenvalue weighted by molar-refractivity contribution is 7.89. The average Bonchev–Trinajstić information content (AvgIpc) is 2.84. The Kier molecular flexibility index (Phi) is 7.02. The predicted molar refractivity (Wildman–Crippen MR) is 126 cm³/mol. The highest BCUT2D eigenvalue weighted by atomic mass is 35.5. The van der Waals surface area contributed by atoms with Crippen molar-refractivity contribution in [1.29, 1.82) is 0 Å². The van der Waals surface area contributed by atoms with Crippen LogP contribution in [0.3, 0.4) is 0 Å². The van der Waals surface area contributed by atoms with Gasteiger partial charge in [-0.2, -0.15) is 17.5 Å². The number of piperazine rings is 1. The molecule has 0 aliphatic carbocycles. The molecule has 1 N–H and O–H groups in total. The second-order valence-electron chi connectivity index (χ2n) is 7.75. The number of benzene rings is 2. The fourth-order valence-corrected chi connectivity index (χ4v) is 5.24. The summed E-state index contributed by atoms with van der Waals surface area (Å²) < 4.78 is 66.6. The van der Waals surface area contributed by atoms with Crippen molar-refractivity contribution in [2.24, 2.45) is 0 Å². The van der Waals surface area contributed by atoms with Crippen LogP contribution in [0.4, 0.5) is 24.7 Å². The van der Waals surface area contributed by atoms with Crippen molar-refractivity contribution in [2.75, 3.05) is 36.4 Å². The van der Waals surface area contributed by atoms with Gasteiger partial charge in [0.15, 0.2) is 0 Å². The number of carbonyl (C=O) groups excluding carboxylic acids is 1. The molecule has 1 saturated heterocycles. The van der Waals surface area contributed by atoms with Crippen LogP contribution >= 0.6 is 11.6 Å². The lowest BCUT2D eigenvalue weighted by molar-refractivity contribution is -0.137. The Morgan fingerprint density at radius 3 is 2.20 bits per heavy atom. The van der Waals surface area contributed by atoms with Crippen molar-refractivity contribution < 1.29 is 26.4 Å². The van der Waals surface area contributed by atoms with E-state index in [0.717, 1.165) is 12.1 Å². The molecule has 0 unspecified atom stereocenters. The van der Waals surface area contributed by atoms with Crippen molar-refractivity contribution in [3.63, 3.8) is 0 Å². The summed E-state index contributed by atoms with van der Waals surface area (Å²) in [6.07, 6.45) is -3.31. The maximum Gasteiger partial charge on any atom is 0.417 e. The molecule has 0 atom stereocenters. The minimum Gasteiger partial charge on any atom is -0.354 e. The van der Waals surface area contributed by atoms with Crippen LogP contribution in [0.15, 0.2) is 71.8 Å². The number of sulfonamides is 1. The number of nitrogens with zero attached hydrogens (tertiary/aromatic N) is 3. The highest BCUT2D eigenvalue weighted by Gasteiger charge is 2.35. The summed E-state index contributed by atoms with van der Waals surface area (Å²) in [5.41, 5.74) is -1.27. The molecule has 0 saturated carbocycles. The summed E-state index contributed by atoms with van der Waals surface area (Å²) in [6.45, 7) is 1.29. The lowest BCUT2D eigenvalue weighted by Crippen LogP contribution is -2.48. The molecule has 7 nitrogen and oxygen atoms in total. The van der Waals surface area contributed by atoms with Crippen molar-refractivity contribution >= 4 is 39.0 Å². The van der Waals surface area contributed by atoms with Gasteiger partial charge in [0.1, 0.15) is 5.82 Å². The Bertz CT molecular complexity index is 1310. The van der Waals surface area contributed by atoms with Gasteiger partial charge in [-0.15, -0.1) is 0 Å². The fourth-order valence-electron chi connectivity index (χ4n) is 3.69. The van der Waals surface area contributed by atoms with Crippen molar-refractivity contribution in [2.45, 2.75) is 11.1 Å². The van der Waals surface area contributed by atoms with E-state index in [1.807, 2.05) is 4.90 Å². The second-order valence-corrected chi connectivity index (χ2v) is 10.1. The van der Waals surface area contributed by atoms with Gasteiger partial charge in [-0.25, -0.2) is 13.4 Å². The lowest BCUT2D eigenvalue weighted by Gasteiger charge is -2.34. The highest BCUT2D eigenvalue weighted by Crippen LogP contribution is 2.32. The Morgan fingerprint density at radius 2 is 1.60 bits per heavy atom. The number of aromatic nitrogens is 1. The monoisotopic (exact) mass is 524 g/mol. The Balaban J connectivity index is 1.39. The van der Waals surface area contributed by atoms with Gasteiger partial charge in [0, 0.05) is 31.2 Å². The minimum absolute atomic E-state index is 0.167. The number of alkyl halides is 3. The molecule has 1 aromatic heterocycles. The van der Waals surface area contributed by atoms with Crippen molar-refractivity contribution in [3.8, 4) is 0 Å². The van der Waals surface area contributed by atoms with Crippen LogP contribution in [0.2, 0.25) is 5.02 Å². The van der Waals surface area contributed by atoms with Crippen LogP contribution in [0.25, 0.3) is 0 Å². The lowest BCUT2D eigenvalue weighted by atomic mass is 10.1. The first-order chi connectivity index (χ1) is 16.6. The number of halogens is 4. The van der Waals surface area contributed by atoms with Crippen molar-refractivity contribution in [3.05, 3.63) is 83.0 Å². The number of amides is 1. The Labute approximate surface area is 205 Å². The van der Waals surface area contributed by atoms with Gasteiger partial charge in [-0.1, -0.05) is 23.7 Å². The maximum absolute atomic E-state index is 13.2. The van der Waals surface area contributed by atoms with Gasteiger partial charge >= 0.3 is 6.18 Å². The third-order valence-corrected chi connectivity index (χ3v) is 7.66. The van der Waals surface area contributed by atoms with Crippen LogP contribution < -0.4 is 10.2 Å². The van der Waals surface area contributed by atoms with E-state index in [4.69, 9.17) is 11.6 Å². The molecule has 2 aromatic carbocycles. The van der Waals surface area contributed by atoms with Crippen LogP contribution in [-0.2, 0) is 16.2 Å². The van der Waals surface area contributed by atoms with Gasteiger partial charge < -0.3 is 10.2 Å². The number of carbonyl (C=O) groups is 1. The molecule has 0 radical (unpaired) electrons. The number of pyridine rings is 1. The second kappa shape index (κ2) is 9.84. The van der Waals surface area contributed by atoms with E-state index in [9.17, 15) is 26.4 Å². The molecule has 0 bridgehead atoms. The molecular formula is C23H20ClF3N4O3S. The first-order valence-electron chi connectivity index (χ1n) is 10.5. The van der Waals surface area contributed by atoms with E-state index < -0.39 is 33.2 Å². The van der Waals surface area contributed by atoms with Crippen LogP contribution in [0.1, 0.15) is 15.9 Å². The minimum atomic E-state index is -4.65. The molecular weight excluding hydrogens is 505 g/mol. The summed E-state index contributed by atoms with van der Waals surface area (Å²) in [5, 5.41) is 2.88. The van der Waals surface area contributed by atoms with Gasteiger partial charge in [0.05, 0.1) is 27.9 Å². The zero-order valence-corrected chi connectivity index (χ0v) is 19.7. The SMILES string of the molecule is O=C(Nc1ccc(N2CCN(S(=O)(=O)c3ccc(Cl)cc3)CC2)nc1)c1ccccc1C(F)(F)F. The summed E-state index contributed by atoms with van der Waals surface area (Å²) in [7, 11) is -3.65.